The molecule has 1 N–H and O–H groups in total. The lowest BCUT2D eigenvalue weighted by Gasteiger charge is -2.47. The summed E-state index contributed by atoms with van der Waals surface area (Å²) in [6.45, 7) is 1.63. The fourth-order valence-corrected chi connectivity index (χ4v) is 5.77. The van der Waals surface area contributed by atoms with Crippen molar-refractivity contribution in [2.75, 3.05) is 13.1 Å². The van der Waals surface area contributed by atoms with E-state index in [-0.39, 0.29) is 16.9 Å². The highest BCUT2D eigenvalue weighted by molar-refractivity contribution is 5.88. The quantitative estimate of drug-likeness (QED) is 0.882. The minimum absolute atomic E-state index is 0.0273. The van der Waals surface area contributed by atoms with Crippen molar-refractivity contribution >= 4 is 5.91 Å². The van der Waals surface area contributed by atoms with Crippen LogP contribution in [0.1, 0.15) is 69.8 Å². The van der Waals surface area contributed by atoms with E-state index in [1.165, 1.54) is 12.0 Å². The van der Waals surface area contributed by atoms with Gasteiger partial charge in [0.25, 0.3) is 0 Å². The molecule has 1 amide bonds. The number of aliphatic hydroxyl groups excluding tert-OH is 1. The van der Waals surface area contributed by atoms with Gasteiger partial charge < -0.3 is 10.0 Å². The number of carbonyl (C=O) groups is 1. The summed E-state index contributed by atoms with van der Waals surface area (Å²) in [4.78, 5) is 15.9. The number of hydrogen-bond donors (Lipinski definition) is 1. The van der Waals surface area contributed by atoms with Crippen LogP contribution in [0.2, 0.25) is 0 Å². The Morgan fingerprint density at radius 1 is 0.960 bits per heavy atom. The predicted molar refractivity (Wildman–Crippen MR) is 99.3 cm³/mol. The SMILES string of the molecule is O=C(N1CCC[C@@]2(CCC[C@H]2O)C1)C1(c2ccccc2)CCCCC1. The van der Waals surface area contributed by atoms with E-state index in [0.717, 1.165) is 70.9 Å². The van der Waals surface area contributed by atoms with Crippen LogP contribution < -0.4 is 0 Å². The molecule has 3 heteroatoms. The summed E-state index contributed by atoms with van der Waals surface area (Å²) in [5.74, 6) is 0.330. The zero-order chi connectivity index (χ0) is 17.3. The van der Waals surface area contributed by atoms with Gasteiger partial charge in [-0.05, 0) is 44.1 Å². The fourth-order valence-electron chi connectivity index (χ4n) is 5.77. The Morgan fingerprint density at radius 2 is 1.68 bits per heavy atom. The Morgan fingerprint density at radius 3 is 2.36 bits per heavy atom. The van der Waals surface area contributed by atoms with Crippen molar-refractivity contribution in [3.8, 4) is 0 Å². The summed E-state index contributed by atoms with van der Waals surface area (Å²) >= 11 is 0. The molecule has 136 valence electrons. The molecular weight excluding hydrogens is 310 g/mol. The highest BCUT2D eigenvalue weighted by Crippen LogP contribution is 2.47. The van der Waals surface area contributed by atoms with Gasteiger partial charge in [0.2, 0.25) is 5.91 Å². The van der Waals surface area contributed by atoms with Crippen LogP contribution in [0.25, 0.3) is 0 Å². The van der Waals surface area contributed by atoms with E-state index < -0.39 is 0 Å². The monoisotopic (exact) mass is 341 g/mol. The predicted octanol–water partition coefficient (Wildman–Crippen LogP) is 4.04. The molecule has 0 unspecified atom stereocenters. The number of aliphatic hydroxyl groups is 1. The summed E-state index contributed by atoms with van der Waals surface area (Å²) < 4.78 is 0. The van der Waals surface area contributed by atoms with Crippen LogP contribution in [0.3, 0.4) is 0 Å². The van der Waals surface area contributed by atoms with Crippen molar-refractivity contribution in [1.82, 2.24) is 4.90 Å². The Labute approximate surface area is 151 Å². The fraction of sp³-hybridized carbons (Fsp3) is 0.682. The van der Waals surface area contributed by atoms with Gasteiger partial charge in [-0.15, -0.1) is 0 Å². The van der Waals surface area contributed by atoms with E-state index in [2.05, 4.69) is 29.2 Å². The highest BCUT2D eigenvalue weighted by Gasteiger charge is 2.49. The maximum atomic E-state index is 13.8. The summed E-state index contributed by atoms with van der Waals surface area (Å²) in [5.41, 5.74) is 0.841. The minimum Gasteiger partial charge on any atom is -0.392 e. The minimum atomic E-state index is -0.332. The summed E-state index contributed by atoms with van der Waals surface area (Å²) in [5, 5.41) is 10.6. The van der Waals surface area contributed by atoms with Gasteiger partial charge in [-0.1, -0.05) is 56.0 Å². The molecule has 3 nitrogen and oxygen atoms in total. The van der Waals surface area contributed by atoms with E-state index >= 15 is 0 Å². The van der Waals surface area contributed by atoms with Crippen molar-refractivity contribution in [3.05, 3.63) is 35.9 Å². The van der Waals surface area contributed by atoms with Gasteiger partial charge in [0.1, 0.15) is 0 Å². The van der Waals surface area contributed by atoms with Crippen molar-refractivity contribution in [2.24, 2.45) is 5.41 Å². The third-order valence-electron chi connectivity index (χ3n) is 7.20. The first-order valence-electron chi connectivity index (χ1n) is 10.2. The van der Waals surface area contributed by atoms with Gasteiger partial charge in [-0.25, -0.2) is 0 Å². The third-order valence-corrected chi connectivity index (χ3v) is 7.20. The molecule has 1 aromatic carbocycles. The van der Waals surface area contributed by atoms with Crippen molar-refractivity contribution in [3.63, 3.8) is 0 Å². The van der Waals surface area contributed by atoms with Gasteiger partial charge in [-0.2, -0.15) is 0 Å². The number of rotatable bonds is 2. The van der Waals surface area contributed by atoms with Crippen LogP contribution in [0.5, 0.6) is 0 Å². The van der Waals surface area contributed by atoms with Gasteiger partial charge in [0, 0.05) is 18.5 Å². The van der Waals surface area contributed by atoms with E-state index in [0.29, 0.717) is 5.91 Å². The average molecular weight is 341 g/mol. The van der Waals surface area contributed by atoms with Crippen LogP contribution >= 0.6 is 0 Å². The second kappa shape index (κ2) is 6.75. The molecular formula is C22H31NO2. The molecule has 2 atom stereocenters. The first-order valence-corrected chi connectivity index (χ1v) is 10.2. The number of amides is 1. The maximum Gasteiger partial charge on any atom is 0.233 e. The number of likely N-dealkylation sites (tertiary alicyclic amines) is 1. The van der Waals surface area contributed by atoms with Crippen molar-refractivity contribution in [1.29, 1.82) is 0 Å². The molecule has 2 aliphatic carbocycles. The molecule has 1 saturated heterocycles. The Hall–Kier alpha value is -1.35. The Balaban J connectivity index is 1.62. The molecule has 4 rings (SSSR count). The Bertz CT molecular complexity index is 608. The van der Waals surface area contributed by atoms with Crippen LogP contribution in [0.15, 0.2) is 30.3 Å². The zero-order valence-electron chi connectivity index (χ0n) is 15.3. The molecule has 0 bridgehead atoms. The lowest BCUT2D eigenvalue weighted by molar-refractivity contribution is -0.144. The molecule has 2 saturated carbocycles. The van der Waals surface area contributed by atoms with Gasteiger partial charge in [0.15, 0.2) is 0 Å². The average Bonchev–Trinajstić information content (AvgIpc) is 3.02. The van der Waals surface area contributed by atoms with Crippen LogP contribution in [0, 0.1) is 5.41 Å². The summed E-state index contributed by atoms with van der Waals surface area (Å²) in [6.07, 6.45) is 10.5. The molecule has 25 heavy (non-hydrogen) atoms. The number of benzene rings is 1. The van der Waals surface area contributed by atoms with E-state index in [4.69, 9.17) is 0 Å². The molecule has 1 spiro atoms. The lowest BCUT2D eigenvalue weighted by Crippen LogP contribution is -2.55. The first kappa shape index (κ1) is 17.1. The van der Waals surface area contributed by atoms with Gasteiger partial charge in [-0.3, -0.25) is 4.79 Å². The normalized spacial score (nSPS) is 32.0. The van der Waals surface area contributed by atoms with Crippen LogP contribution in [0.4, 0.5) is 0 Å². The van der Waals surface area contributed by atoms with Crippen LogP contribution in [-0.2, 0) is 10.2 Å². The van der Waals surface area contributed by atoms with E-state index in [1.54, 1.807) is 0 Å². The molecule has 1 heterocycles. The van der Waals surface area contributed by atoms with Gasteiger partial charge >= 0.3 is 0 Å². The topological polar surface area (TPSA) is 40.5 Å². The first-order chi connectivity index (χ1) is 12.2. The smallest absolute Gasteiger partial charge is 0.233 e. The molecule has 3 fully saturated rings. The van der Waals surface area contributed by atoms with Crippen molar-refractivity contribution < 1.29 is 9.90 Å². The summed E-state index contributed by atoms with van der Waals surface area (Å²) in [7, 11) is 0. The standard InChI is InChI=1S/C22H31NO2/c24-19-11-7-12-21(19)13-8-16-23(17-21)20(25)22(14-5-2-6-15-22)18-9-3-1-4-10-18/h1,3-4,9-10,19,24H,2,5-8,11-17H2/t19-,21+/m1/s1. The molecule has 3 aliphatic rings. The molecule has 1 aliphatic heterocycles. The number of nitrogens with zero attached hydrogens (tertiary/aromatic N) is 1. The summed E-state index contributed by atoms with van der Waals surface area (Å²) in [6, 6.07) is 10.5. The van der Waals surface area contributed by atoms with Crippen molar-refractivity contribution in [2.45, 2.75) is 75.7 Å². The third kappa shape index (κ3) is 2.91. The molecule has 0 aromatic heterocycles. The Kier molecular flexibility index (Phi) is 4.61. The second-order valence-corrected chi connectivity index (χ2v) is 8.61. The second-order valence-electron chi connectivity index (χ2n) is 8.61. The van der Waals surface area contributed by atoms with Gasteiger partial charge in [0.05, 0.1) is 11.5 Å². The van der Waals surface area contributed by atoms with E-state index in [9.17, 15) is 9.90 Å². The number of carbonyl (C=O) groups excluding carboxylic acids is 1. The molecule has 1 aromatic rings. The number of hydrogen-bond acceptors (Lipinski definition) is 2. The molecule has 0 radical (unpaired) electrons. The maximum absolute atomic E-state index is 13.8. The zero-order valence-corrected chi connectivity index (χ0v) is 15.3. The van der Waals surface area contributed by atoms with Crippen LogP contribution in [-0.4, -0.2) is 35.1 Å². The van der Waals surface area contributed by atoms with E-state index in [1.807, 2.05) is 6.07 Å². The lowest BCUT2D eigenvalue weighted by atomic mass is 9.67. The number of piperidine rings is 1. The highest BCUT2D eigenvalue weighted by atomic mass is 16.3. The largest absolute Gasteiger partial charge is 0.392 e.